The van der Waals surface area contributed by atoms with Crippen LogP contribution in [0.15, 0.2) is 11.8 Å². The van der Waals surface area contributed by atoms with E-state index < -0.39 is 8.07 Å². The molecule has 0 saturated carbocycles. The number of methoxy groups -OCH3 is 1. The van der Waals surface area contributed by atoms with Crippen LogP contribution >= 0.6 is 0 Å². The summed E-state index contributed by atoms with van der Waals surface area (Å²) < 4.78 is 43.3. The van der Waals surface area contributed by atoms with Gasteiger partial charge in [-0.2, -0.15) is 0 Å². The van der Waals surface area contributed by atoms with E-state index in [-0.39, 0.29) is 0 Å². The van der Waals surface area contributed by atoms with Gasteiger partial charge in [0.25, 0.3) is 0 Å². The van der Waals surface area contributed by atoms with Gasteiger partial charge >= 0.3 is 128 Å². The van der Waals surface area contributed by atoms with Crippen LogP contribution in [-0.2, 0) is 43.8 Å². The van der Waals surface area contributed by atoms with E-state index in [0.29, 0.717) is 0 Å². The van der Waals surface area contributed by atoms with Gasteiger partial charge in [-0.05, 0) is 0 Å². The third-order valence-electron chi connectivity index (χ3n) is 0.921. The molecular formula is C12H14CrO6Si. The first kappa shape index (κ1) is 36.4. The van der Waals surface area contributed by atoms with Crippen molar-refractivity contribution in [1.82, 2.24) is 0 Å². The molecule has 0 amide bonds. The average Bonchev–Trinajstić information content (AvgIpc) is 2.54. The Hall–Kier alpha value is -0.981. The Morgan fingerprint density at radius 3 is 1.25 bits per heavy atom. The summed E-state index contributed by atoms with van der Waals surface area (Å²) >= 11 is 2.83. The molecule has 20 heavy (non-hydrogen) atoms. The van der Waals surface area contributed by atoms with Crippen molar-refractivity contribution in [3.63, 3.8) is 0 Å². The Bertz CT molecular complexity index is 285. The zero-order valence-corrected chi connectivity index (χ0v) is 13.8. The van der Waals surface area contributed by atoms with Crippen LogP contribution < -0.4 is 0 Å². The minimum absolute atomic E-state index is 0.863. The van der Waals surface area contributed by atoms with Crippen LogP contribution in [0.3, 0.4) is 0 Å². The van der Waals surface area contributed by atoms with Crippen LogP contribution in [0.25, 0.3) is 0 Å². The van der Waals surface area contributed by atoms with Gasteiger partial charge in [-0.1, -0.05) is 0 Å². The molecule has 0 saturated heterocycles. The van der Waals surface area contributed by atoms with Gasteiger partial charge in [0, 0.05) is 0 Å². The predicted molar refractivity (Wildman–Crippen MR) is 64.1 cm³/mol. The molecular weight excluding hydrogens is 320 g/mol. The Morgan fingerprint density at radius 2 is 1.10 bits per heavy atom. The van der Waals surface area contributed by atoms with Crippen LogP contribution in [-0.4, -0.2) is 19.7 Å². The first-order valence-corrected chi connectivity index (χ1v) is 8.46. The Labute approximate surface area is 128 Å². The molecule has 0 rings (SSSR count). The van der Waals surface area contributed by atoms with E-state index in [9.17, 15) is 0 Å². The van der Waals surface area contributed by atoms with E-state index in [0.717, 1.165) is 4.57 Å². The zero-order chi connectivity index (χ0) is 18.2. The fourth-order valence-corrected chi connectivity index (χ4v) is 1.34. The summed E-state index contributed by atoms with van der Waals surface area (Å²) in [4.78, 5) is 0. The summed E-state index contributed by atoms with van der Waals surface area (Å²) in [6.45, 7) is 29.4. The van der Waals surface area contributed by atoms with E-state index in [2.05, 4.69) is 74.4 Å². The van der Waals surface area contributed by atoms with Crippen molar-refractivity contribution in [2.45, 2.75) is 19.6 Å². The number of hydrogen-bond donors (Lipinski definition) is 0. The van der Waals surface area contributed by atoms with Gasteiger partial charge in [-0.25, -0.2) is 0 Å². The second-order valence-electron chi connectivity index (χ2n) is 3.22. The van der Waals surface area contributed by atoms with Crippen LogP contribution in [0.1, 0.15) is 0 Å². The van der Waals surface area contributed by atoms with E-state index in [4.69, 9.17) is 28.0 Å². The maximum atomic E-state index is 7.50. The second-order valence-corrected chi connectivity index (χ2v) is 8.92. The molecule has 0 unspecified atom stereocenters. The monoisotopic (exact) mass is 334 g/mol. The fourth-order valence-electron chi connectivity index (χ4n) is 0.386. The summed E-state index contributed by atoms with van der Waals surface area (Å²) in [6, 6.07) is 0. The summed E-state index contributed by atoms with van der Waals surface area (Å²) in [5, 5.41) is 0. The molecule has 0 aromatic carbocycles. The van der Waals surface area contributed by atoms with Crippen molar-refractivity contribution in [3.05, 3.63) is 45.0 Å². The molecule has 0 aliphatic carbocycles. The Kier molecular flexibility index (Phi) is 78.3. The molecule has 0 spiro atoms. The summed E-state index contributed by atoms with van der Waals surface area (Å²) in [5.41, 5.74) is 2.24. The minimum atomic E-state index is -1.04. The van der Waals surface area contributed by atoms with Gasteiger partial charge in [0.15, 0.2) is 0 Å². The summed E-state index contributed by atoms with van der Waals surface area (Å²) in [5.74, 6) is 0. The number of hydrogen-bond acceptors (Lipinski definition) is 1. The third kappa shape index (κ3) is 88.6. The molecule has 0 aliphatic heterocycles. The summed E-state index contributed by atoms with van der Waals surface area (Å²) in [6.07, 6.45) is 2.01. The Balaban J connectivity index is -0.0000000412. The molecule has 0 aromatic heterocycles. The summed E-state index contributed by atoms with van der Waals surface area (Å²) in [7, 11) is 0.629. The SMILES string of the molecule is CO[C](=[Cr])/C=C/[Si](C)(C)C.[C-]#[O+].[C-]#[O+].[C-]#[O+].[C-]#[O+].[C-]#[O+]. The van der Waals surface area contributed by atoms with Crippen LogP contribution in [0.2, 0.25) is 19.6 Å². The fraction of sp³-hybridized carbons (Fsp3) is 0.333. The van der Waals surface area contributed by atoms with Crippen LogP contribution in [0.5, 0.6) is 0 Å². The number of rotatable bonds is 3. The van der Waals surface area contributed by atoms with Gasteiger partial charge in [-0.15, -0.1) is 0 Å². The molecule has 0 bridgehead atoms. The van der Waals surface area contributed by atoms with Crippen LogP contribution in [0, 0.1) is 33.3 Å². The topological polar surface area (TPSA) is 109 Å². The van der Waals surface area contributed by atoms with E-state index in [1.54, 1.807) is 7.11 Å². The molecule has 0 fully saturated rings. The van der Waals surface area contributed by atoms with Gasteiger partial charge in [0.2, 0.25) is 0 Å². The van der Waals surface area contributed by atoms with Gasteiger partial charge < -0.3 is 0 Å². The molecule has 0 aromatic rings. The van der Waals surface area contributed by atoms with E-state index in [1.165, 1.54) is 0 Å². The molecule has 0 atom stereocenters. The quantitative estimate of drug-likeness (QED) is 0.435. The first-order chi connectivity index (χ1) is 9.45. The first-order valence-electron chi connectivity index (χ1n) is 4.25. The van der Waals surface area contributed by atoms with Gasteiger partial charge in [-0.3, -0.25) is 0 Å². The molecule has 0 aliphatic rings. The predicted octanol–water partition coefficient (Wildman–Crippen LogP) is 1.56. The van der Waals surface area contributed by atoms with Crippen molar-refractivity contribution < 1.29 is 43.8 Å². The Morgan fingerprint density at radius 1 is 0.850 bits per heavy atom. The molecule has 6 nitrogen and oxygen atoms in total. The normalized spacial score (nSPS) is 6.70. The van der Waals surface area contributed by atoms with Crippen molar-refractivity contribution in [1.29, 1.82) is 0 Å². The third-order valence-corrected chi connectivity index (χ3v) is 2.56. The molecule has 108 valence electrons. The van der Waals surface area contributed by atoms with Crippen molar-refractivity contribution in [3.8, 4) is 0 Å². The number of ether oxygens (including phenoxy) is 1. The maximum absolute atomic E-state index is 7.50. The second kappa shape index (κ2) is 43.0. The van der Waals surface area contributed by atoms with Crippen LogP contribution in [0.4, 0.5) is 0 Å². The van der Waals surface area contributed by atoms with E-state index >= 15 is 0 Å². The van der Waals surface area contributed by atoms with Crippen molar-refractivity contribution in [2.24, 2.45) is 0 Å². The van der Waals surface area contributed by atoms with E-state index in [1.807, 2.05) is 6.08 Å². The molecule has 8 heteroatoms. The molecule has 0 radical (unpaired) electrons. The van der Waals surface area contributed by atoms with Gasteiger partial charge in [0.1, 0.15) is 0 Å². The van der Waals surface area contributed by atoms with Crippen molar-refractivity contribution in [2.75, 3.05) is 7.11 Å². The zero-order valence-electron chi connectivity index (χ0n) is 11.5. The standard InChI is InChI=1S/C7H14OSi.5CO.Cr/c1-8-6-5-7-9(2,3)4;5*1-2;/h5,7H,1-4H3;;;;;;/b7-5+;;;;;;. The van der Waals surface area contributed by atoms with Crippen molar-refractivity contribution >= 4 is 12.6 Å². The molecule has 0 heterocycles. The molecule has 0 N–H and O–H groups in total. The average molecular weight is 334 g/mol. The van der Waals surface area contributed by atoms with Gasteiger partial charge in [0.05, 0.1) is 0 Å².